The lowest BCUT2D eigenvalue weighted by Gasteiger charge is -2.21. The van der Waals surface area contributed by atoms with E-state index in [-0.39, 0.29) is 12.3 Å². The highest BCUT2D eigenvalue weighted by Crippen LogP contribution is 2.39. The Hall–Kier alpha value is -1.48. The van der Waals surface area contributed by atoms with Crippen LogP contribution in [0.3, 0.4) is 0 Å². The molecule has 1 aliphatic carbocycles. The number of carboxylic acid groups (broad SMARTS) is 1. The third kappa shape index (κ3) is 1.89. The van der Waals surface area contributed by atoms with Crippen molar-refractivity contribution in [2.75, 3.05) is 0 Å². The zero-order chi connectivity index (χ0) is 12.7. The van der Waals surface area contributed by atoms with Gasteiger partial charge in [-0.05, 0) is 48.9 Å². The molecule has 1 unspecified atom stereocenters. The fourth-order valence-electron chi connectivity index (χ4n) is 2.99. The van der Waals surface area contributed by atoms with Gasteiger partial charge in [-0.2, -0.15) is 0 Å². The number of carbonyl (C=O) groups is 1. The number of halogens is 1. The number of hydrogen-bond acceptors (Lipinski definition) is 1. The smallest absolute Gasteiger partial charge is 0.303 e. The van der Waals surface area contributed by atoms with Crippen LogP contribution < -0.4 is 0 Å². The van der Waals surface area contributed by atoms with Gasteiger partial charge in [0.05, 0.1) is 6.42 Å². The lowest BCUT2D eigenvalue weighted by molar-refractivity contribution is -0.137. The summed E-state index contributed by atoms with van der Waals surface area (Å²) in [5, 5.41) is 10.8. The molecule has 0 aliphatic heterocycles. The lowest BCUT2D eigenvalue weighted by Crippen LogP contribution is -2.12. The second-order valence-electron chi connectivity index (χ2n) is 4.89. The minimum atomic E-state index is -0.732. The molecule has 0 spiro atoms. The quantitative estimate of drug-likeness (QED) is 0.868. The van der Waals surface area contributed by atoms with E-state index in [0.29, 0.717) is 5.02 Å². The highest BCUT2D eigenvalue weighted by molar-refractivity contribution is 6.31. The van der Waals surface area contributed by atoms with Gasteiger partial charge in [-0.15, -0.1) is 0 Å². The number of hydrogen-bond donors (Lipinski definition) is 2. The summed E-state index contributed by atoms with van der Waals surface area (Å²) in [4.78, 5) is 14.4. The SMILES string of the molecule is O=C(O)CC1CCCc2[nH]c3ccc(Cl)cc3c21. The number of rotatable bonds is 2. The van der Waals surface area contributed by atoms with Gasteiger partial charge in [0, 0.05) is 21.6 Å². The third-order valence-electron chi connectivity index (χ3n) is 3.69. The highest BCUT2D eigenvalue weighted by Gasteiger charge is 2.26. The summed E-state index contributed by atoms with van der Waals surface area (Å²) in [7, 11) is 0. The maximum Gasteiger partial charge on any atom is 0.303 e. The Balaban J connectivity index is 2.16. The van der Waals surface area contributed by atoms with Crippen molar-refractivity contribution in [1.29, 1.82) is 0 Å². The molecule has 1 aromatic carbocycles. The van der Waals surface area contributed by atoms with Crippen LogP contribution in [0.15, 0.2) is 18.2 Å². The van der Waals surface area contributed by atoms with E-state index in [1.807, 2.05) is 18.2 Å². The second kappa shape index (κ2) is 4.32. The van der Waals surface area contributed by atoms with E-state index in [9.17, 15) is 4.79 Å². The number of carboxylic acids is 1. The number of aliphatic carboxylic acids is 1. The molecule has 0 amide bonds. The molecule has 1 aromatic heterocycles. The first kappa shape index (κ1) is 11.6. The standard InChI is InChI=1S/C14H14ClNO2/c15-9-4-5-11-10(7-9)14-8(6-13(17)18)2-1-3-12(14)16-11/h4-5,7-8,16H,1-3,6H2,(H,17,18). The number of aromatic nitrogens is 1. The summed E-state index contributed by atoms with van der Waals surface area (Å²) >= 11 is 6.04. The van der Waals surface area contributed by atoms with E-state index in [2.05, 4.69) is 4.98 Å². The number of benzene rings is 1. The maximum atomic E-state index is 11.0. The molecule has 94 valence electrons. The van der Waals surface area contributed by atoms with Gasteiger partial charge in [-0.3, -0.25) is 4.79 Å². The average molecular weight is 264 g/mol. The minimum Gasteiger partial charge on any atom is -0.481 e. The first-order valence-corrected chi connectivity index (χ1v) is 6.54. The Morgan fingerprint density at radius 2 is 2.33 bits per heavy atom. The van der Waals surface area contributed by atoms with E-state index in [0.717, 1.165) is 30.2 Å². The molecule has 1 atom stereocenters. The van der Waals surface area contributed by atoms with Crippen LogP contribution in [-0.2, 0) is 11.2 Å². The van der Waals surface area contributed by atoms with Crippen LogP contribution in [0.25, 0.3) is 10.9 Å². The van der Waals surface area contributed by atoms with Crippen molar-refractivity contribution < 1.29 is 9.90 Å². The van der Waals surface area contributed by atoms with Crippen LogP contribution in [-0.4, -0.2) is 16.1 Å². The van der Waals surface area contributed by atoms with E-state index in [1.54, 1.807) is 0 Å². The van der Waals surface area contributed by atoms with Gasteiger partial charge in [0.1, 0.15) is 0 Å². The Morgan fingerprint density at radius 1 is 1.50 bits per heavy atom. The van der Waals surface area contributed by atoms with Gasteiger partial charge in [-0.25, -0.2) is 0 Å². The van der Waals surface area contributed by atoms with E-state index < -0.39 is 5.97 Å². The summed E-state index contributed by atoms with van der Waals surface area (Å²) < 4.78 is 0. The van der Waals surface area contributed by atoms with Crippen LogP contribution in [0, 0.1) is 0 Å². The lowest BCUT2D eigenvalue weighted by atomic mass is 9.83. The van der Waals surface area contributed by atoms with Crippen molar-refractivity contribution in [1.82, 2.24) is 4.98 Å². The van der Waals surface area contributed by atoms with Crippen LogP contribution in [0.5, 0.6) is 0 Å². The minimum absolute atomic E-state index is 0.110. The second-order valence-corrected chi connectivity index (χ2v) is 5.33. The molecule has 3 rings (SSSR count). The van der Waals surface area contributed by atoms with Gasteiger partial charge in [0.2, 0.25) is 0 Å². The normalized spacial score (nSPS) is 18.8. The largest absolute Gasteiger partial charge is 0.481 e. The summed E-state index contributed by atoms with van der Waals surface area (Å²) in [5.41, 5.74) is 3.41. The summed E-state index contributed by atoms with van der Waals surface area (Å²) in [6.07, 6.45) is 3.19. The third-order valence-corrected chi connectivity index (χ3v) is 3.93. The highest BCUT2D eigenvalue weighted by atomic mass is 35.5. The predicted molar refractivity (Wildman–Crippen MR) is 71.2 cm³/mol. The van der Waals surface area contributed by atoms with Crippen molar-refractivity contribution in [3.8, 4) is 0 Å². The molecule has 18 heavy (non-hydrogen) atoms. The van der Waals surface area contributed by atoms with E-state index >= 15 is 0 Å². The Morgan fingerprint density at radius 3 is 3.11 bits per heavy atom. The molecule has 1 heterocycles. The van der Waals surface area contributed by atoms with Gasteiger partial charge in [0.25, 0.3) is 0 Å². The summed E-state index contributed by atoms with van der Waals surface area (Å²) in [5.74, 6) is -0.623. The number of aryl methyl sites for hydroxylation is 1. The van der Waals surface area contributed by atoms with E-state index in [4.69, 9.17) is 16.7 Å². The molecular formula is C14H14ClNO2. The van der Waals surface area contributed by atoms with Crippen LogP contribution in [0.1, 0.15) is 36.4 Å². The van der Waals surface area contributed by atoms with Crippen molar-refractivity contribution >= 4 is 28.5 Å². The molecule has 0 bridgehead atoms. The molecule has 0 saturated heterocycles. The fraction of sp³-hybridized carbons (Fsp3) is 0.357. The molecule has 0 radical (unpaired) electrons. The number of nitrogens with one attached hydrogen (secondary N) is 1. The van der Waals surface area contributed by atoms with Crippen LogP contribution in [0.4, 0.5) is 0 Å². The number of fused-ring (bicyclic) bond motifs is 3. The Labute approximate surface area is 110 Å². The first-order chi connectivity index (χ1) is 8.65. The van der Waals surface area contributed by atoms with Crippen molar-refractivity contribution in [3.05, 3.63) is 34.5 Å². The van der Waals surface area contributed by atoms with Gasteiger partial charge < -0.3 is 10.1 Å². The number of H-pyrrole nitrogens is 1. The van der Waals surface area contributed by atoms with Crippen molar-refractivity contribution in [2.45, 2.75) is 31.6 Å². The first-order valence-electron chi connectivity index (χ1n) is 6.17. The maximum absolute atomic E-state index is 11.0. The van der Waals surface area contributed by atoms with Gasteiger partial charge in [-0.1, -0.05) is 11.6 Å². The van der Waals surface area contributed by atoms with Crippen LogP contribution >= 0.6 is 11.6 Å². The molecule has 0 saturated carbocycles. The monoisotopic (exact) mass is 263 g/mol. The predicted octanol–water partition coefficient (Wildman–Crippen LogP) is 3.72. The molecule has 1 aliphatic rings. The molecule has 2 N–H and O–H groups in total. The topological polar surface area (TPSA) is 53.1 Å². The van der Waals surface area contributed by atoms with Crippen molar-refractivity contribution in [3.63, 3.8) is 0 Å². The Bertz CT molecular complexity index is 618. The van der Waals surface area contributed by atoms with E-state index in [1.165, 1.54) is 11.3 Å². The van der Waals surface area contributed by atoms with Crippen molar-refractivity contribution in [2.24, 2.45) is 0 Å². The Kier molecular flexibility index (Phi) is 2.78. The summed E-state index contributed by atoms with van der Waals surface area (Å²) in [6, 6.07) is 5.76. The van der Waals surface area contributed by atoms with Crippen LogP contribution in [0.2, 0.25) is 5.02 Å². The average Bonchev–Trinajstić information content (AvgIpc) is 2.67. The van der Waals surface area contributed by atoms with Gasteiger partial charge in [0.15, 0.2) is 0 Å². The molecule has 3 nitrogen and oxygen atoms in total. The molecular weight excluding hydrogens is 250 g/mol. The molecule has 4 heteroatoms. The number of aromatic amines is 1. The zero-order valence-corrected chi connectivity index (χ0v) is 10.6. The molecule has 0 fully saturated rings. The zero-order valence-electron chi connectivity index (χ0n) is 9.87. The fourth-order valence-corrected chi connectivity index (χ4v) is 3.16. The molecule has 2 aromatic rings. The summed E-state index contributed by atoms with van der Waals surface area (Å²) in [6.45, 7) is 0. The van der Waals surface area contributed by atoms with Gasteiger partial charge >= 0.3 is 5.97 Å².